The molecule has 0 aliphatic carbocycles. The lowest BCUT2D eigenvalue weighted by atomic mass is 9.92. The summed E-state index contributed by atoms with van der Waals surface area (Å²) in [6.45, 7) is 0. The van der Waals surface area contributed by atoms with Crippen LogP contribution in [-0.4, -0.2) is 9.97 Å². The van der Waals surface area contributed by atoms with Crippen molar-refractivity contribution in [3.8, 4) is 56.2 Å². The minimum atomic E-state index is 0.718. The van der Waals surface area contributed by atoms with Gasteiger partial charge in [-0.3, -0.25) is 0 Å². The normalized spacial score (nSPS) is 11.3. The molecular formula is C40H26N2S. The number of hydrogen-bond donors (Lipinski definition) is 0. The van der Waals surface area contributed by atoms with Gasteiger partial charge in [-0.15, -0.1) is 11.3 Å². The smallest absolute Gasteiger partial charge is 0.160 e. The van der Waals surface area contributed by atoms with E-state index in [1.54, 1.807) is 0 Å². The molecule has 0 saturated heterocycles. The fourth-order valence-corrected chi connectivity index (χ4v) is 7.06. The summed E-state index contributed by atoms with van der Waals surface area (Å²) >= 11 is 1.86. The quantitative estimate of drug-likeness (QED) is 0.207. The molecule has 0 fully saturated rings. The summed E-state index contributed by atoms with van der Waals surface area (Å²) in [4.78, 5) is 10.2. The Kier molecular flexibility index (Phi) is 6.36. The predicted octanol–water partition coefficient (Wildman–Crippen LogP) is 11.2. The summed E-state index contributed by atoms with van der Waals surface area (Å²) in [5.41, 5.74) is 9.70. The molecular weight excluding hydrogens is 541 g/mol. The van der Waals surface area contributed by atoms with Crippen LogP contribution in [0.1, 0.15) is 0 Å². The molecule has 0 saturated carbocycles. The van der Waals surface area contributed by atoms with Crippen molar-refractivity contribution in [2.75, 3.05) is 0 Å². The van der Waals surface area contributed by atoms with Crippen LogP contribution in [0.25, 0.3) is 76.3 Å². The standard InChI is InChI=1S/C40H26N2S/c1-4-13-27(14-5-1)35-25-30(31-20-12-21-34-33-19-10-11-22-38(33)43-39(31)34)23-24-32(35)37-26-36(28-15-6-2-7-16-28)41-40(42-37)29-17-8-3-9-18-29/h1-26H. The minimum absolute atomic E-state index is 0.718. The summed E-state index contributed by atoms with van der Waals surface area (Å²) in [5, 5.41) is 2.62. The Morgan fingerprint density at radius 3 is 1.77 bits per heavy atom. The van der Waals surface area contributed by atoms with Crippen molar-refractivity contribution < 1.29 is 0 Å². The molecule has 8 aromatic rings. The van der Waals surface area contributed by atoms with Gasteiger partial charge >= 0.3 is 0 Å². The van der Waals surface area contributed by atoms with Crippen LogP contribution >= 0.6 is 11.3 Å². The molecule has 2 nitrogen and oxygen atoms in total. The molecule has 2 aromatic heterocycles. The Morgan fingerprint density at radius 1 is 0.372 bits per heavy atom. The average Bonchev–Trinajstić information content (AvgIpc) is 3.48. The second-order valence-electron chi connectivity index (χ2n) is 10.6. The Balaban J connectivity index is 1.36. The molecule has 202 valence electrons. The maximum absolute atomic E-state index is 5.16. The predicted molar refractivity (Wildman–Crippen MR) is 182 cm³/mol. The fraction of sp³-hybridized carbons (Fsp3) is 0. The highest BCUT2D eigenvalue weighted by Crippen LogP contribution is 2.42. The summed E-state index contributed by atoms with van der Waals surface area (Å²) in [5.74, 6) is 0.718. The topological polar surface area (TPSA) is 25.8 Å². The number of nitrogens with zero attached hydrogens (tertiary/aromatic N) is 2. The molecule has 0 amide bonds. The van der Waals surface area contributed by atoms with Gasteiger partial charge in [0.15, 0.2) is 5.82 Å². The summed E-state index contributed by atoms with van der Waals surface area (Å²) in [7, 11) is 0. The van der Waals surface area contributed by atoms with Gasteiger partial charge in [0, 0.05) is 36.9 Å². The molecule has 0 spiro atoms. The second-order valence-corrected chi connectivity index (χ2v) is 11.7. The van der Waals surface area contributed by atoms with E-state index >= 15 is 0 Å². The Hall–Kier alpha value is -5.38. The Bertz CT molecular complexity index is 2160. The van der Waals surface area contributed by atoms with Gasteiger partial charge in [0.1, 0.15) is 0 Å². The van der Waals surface area contributed by atoms with Crippen LogP contribution in [0.2, 0.25) is 0 Å². The lowest BCUT2D eigenvalue weighted by Crippen LogP contribution is -1.97. The van der Waals surface area contributed by atoms with E-state index in [9.17, 15) is 0 Å². The van der Waals surface area contributed by atoms with Crippen molar-refractivity contribution in [2.24, 2.45) is 0 Å². The SMILES string of the molecule is c1ccc(-c2cc(-c3ccc(-c4cccc5c4sc4ccccc45)cc3-c3ccccc3)nc(-c3ccccc3)n2)cc1. The first-order valence-electron chi connectivity index (χ1n) is 14.4. The van der Waals surface area contributed by atoms with Gasteiger partial charge in [0.05, 0.1) is 11.4 Å². The van der Waals surface area contributed by atoms with E-state index in [0.29, 0.717) is 0 Å². The number of thiophene rings is 1. The fourth-order valence-electron chi connectivity index (χ4n) is 5.82. The van der Waals surface area contributed by atoms with E-state index in [2.05, 4.69) is 133 Å². The first kappa shape index (κ1) is 25.3. The van der Waals surface area contributed by atoms with E-state index in [0.717, 1.165) is 45.0 Å². The molecule has 3 heteroatoms. The highest BCUT2D eigenvalue weighted by molar-refractivity contribution is 7.26. The molecule has 0 aliphatic rings. The number of benzene rings is 6. The average molecular weight is 567 g/mol. The largest absolute Gasteiger partial charge is 0.228 e. The van der Waals surface area contributed by atoms with E-state index in [1.165, 1.54) is 31.3 Å². The number of fused-ring (bicyclic) bond motifs is 3. The first-order valence-corrected chi connectivity index (χ1v) is 15.2. The molecule has 2 heterocycles. The third kappa shape index (κ3) is 4.70. The molecule has 0 bridgehead atoms. The molecule has 0 N–H and O–H groups in total. The Morgan fingerprint density at radius 2 is 1.00 bits per heavy atom. The van der Waals surface area contributed by atoms with Gasteiger partial charge < -0.3 is 0 Å². The lowest BCUT2D eigenvalue weighted by Gasteiger charge is -2.15. The number of aromatic nitrogens is 2. The van der Waals surface area contributed by atoms with Crippen LogP contribution in [-0.2, 0) is 0 Å². The Labute approximate surface area is 254 Å². The zero-order valence-electron chi connectivity index (χ0n) is 23.3. The molecule has 0 aliphatic heterocycles. The minimum Gasteiger partial charge on any atom is -0.228 e. The third-order valence-corrected chi connectivity index (χ3v) is 9.14. The van der Waals surface area contributed by atoms with Crippen molar-refractivity contribution >= 4 is 31.5 Å². The summed E-state index contributed by atoms with van der Waals surface area (Å²) in [6, 6.07) is 55.5. The van der Waals surface area contributed by atoms with Crippen LogP contribution in [0.15, 0.2) is 158 Å². The molecule has 0 radical (unpaired) electrons. The van der Waals surface area contributed by atoms with Gasteiger partial charge in [-0.2, -0.15) is 0 Å². The zero-order chi connectivity index (χ0) is 28.6. The highest BCUT2D eigenvalue weighted by Gasteiger charge is 2.17. The van der Waals surface area contributed by atoms with Crippen LogP contribution in [0, 0.1) is 0 Å². The third-order valence-electron chi connectivity index (χ3n) is 7.92. The van der Waals surface area contributed by atoms with Crippen LogP contribution in [0.5, 0.6) is 0 Å². The molecule has 0 unspecified atom stereocenters. The molecule has 6 aromatic carbocycles. The van der Waals surface area contributed by atoms with E-state index < -0.39 is 0 Å². The van der Waals surface area contributed by atoms with Crippen molar-refractivity contribution in [1.29, 1.82) is 0 Å². The van der Waals surface area contributed by atoms with Gasteiger partial charge in [0.2, 0.25) is 0 Å². The van der Waals surface area contributed by atoms with Crippen molar-refractivity contribution in [2.45, 2.75) is 0 Å². The second kappa shape index (κ2) is 10.8. The van der Waals surface area contributed by atoms with Crippen LogP contribution in [0.3, 0.4) is 0 Å². The summed E-state index contributed by atoms with van der Waals surface area (Å²) in [6.07, 6.45) is 0. The maximum atomic E-state index is 5.16. The van der Waals surface area contributed by atoms with Gasteiger partial charge in [-0.05, 0) is 40.5 Å². The zero-order valence-corrected chi connectivity index (χ0v) is 24.1. The van der Waals surface area contributed by atoms with Crippen LogP contribution in [0.4, 0.5) is 0 Å². The monoisotopic (exact) mass is 566 g/mol. The first-order chi connectivity index (χ1) is 21.3. The summed E-state index contributed by atoms with van der Waals surface area (Å²) < 4.78 is 2.63. The molecule has 0 atom stereocenters. The maximum Gasteiger partial charge on any atom is 0.160 e. The van der Waals surface area contributed by atoms with E-state index in [1.807, 2.05) is 35.6 Å². The van der Waals surface area contributed by atoms with E-state index in [-0.39, 0.29) is 0 Å². The van der Waals surface area contributed by atoms with Gasteiger partial charge in [-0.25, -0.2) is 9.97 Å². The van der Waals surface area contributed by atoms with Crippen molar-refractivity contribution in [3.63, 3.8) is 0 Å². The van der Waals surface area contributed by atoms with E-state index in [4.69, 9.17) is 9.97 Å². The van der Waals surface area contributed by atoms with Gasteiger partial charge in [0.25, 0.3) is 0 Å². The number of rotatable bonds is 5. The molecule has 8 rings (SSSR count). The molecule has 43 heavy (non-hydrogen) atoms. The lowest BCUT2D eigenvalue weighted by molar-refractivity contribution is 1.18. The van der Waals surface area contributed by atoms with Gasteiger partial charge in [-0.1, -0.05) is 140 Å². The van der Waals surface area contributed by atoms with Crippen LogP contribution < -0.4 is 0 Å². The number of hydrogen-bond acceptors (Lipinski definition) is 3. The van der Waals surface area contributed by atoms with Crippen molar-refractivity contribution in [3.05, 3.63) is 158 Å². The highest BCUT2D eigenvalue weighted by atomic mass is 32.1. The van der Waals surface area contributed by atoms with Crippen molar-refractivity contribution in [1.82, 2.24) is 9.97 Å².